The summed E-state index contributed by atoms with van der Waals surface area (Å²) in [5.74, 6) is 0. The Hall–Kier alpha value is 0.574. The van der Waals surface area contributed by atoms with E-state index in [1.807, 2.05) is 18.2 Å². The third kappa shape index (κ3) is 6.91. The van der Waals surface area contributed by atoms with Gasteiger partial charge in [0.15, 0.2) is 0 Å². The molecule has 2 aromatic carbocycles. The zero-order chi connectivity index (χ0) is 9.10. The summed E-state index contributed by atoms with van der Waals surface area (Å²) in [6.45, 7) is 2.10. The quantitative estimate of drug-likeness (QED) is 0.363. The Bertz CT molecular complexity index is 392. The molecule has 0 aromatic heterocycles. The van der Waals surface area contributed by atoms with E-state index in [2.05, 4.69) is 43.3 Å². The Morgan fingerprint density at radius 1 is 0.941 bits per heavy atom. The van der Waals surface area contributed by atoms with Crippen LogP contribution in [0.15, 0.2) is 48.5 Å². The fourth-order valence-electron chi connectivity index (χ4n) is 1.31. The normalized spacial score (nSPS) is 7.59. The van der Waals surface area contributed by atoms with Crippen LogP contribution in [-0.4, -0.2) is 23.1 Å². The monoisotopic (exact) mass is 312 g/mol. The summed E-state index contributed by atoms with van der Waals surface area (Å²) in [6, 6.07) is 19.7. The third-order valence-electron chi connectivity index (χ3n) is 2.07. The average molecular weight is 314 g/mol. The van der Waals surface area contributed by atoms with Crippen LogP contribution in [0.2, 0.25) is 0 Å². The van der Waals surface area contributed by atoms with Gasteiger partial charge in [-0.1, -0.05) is 35.4 Å². The first-order valence-corrected chi connectivity index (χ1v) is 4.40. The minimum absolute atomic E-state index is 0. The van der Waals surface area contributed by atoms with Gasteiger partial charge in [0.1, 0.15) is 0 Å². The van der Waals surface area contributed by atoms with E-state index in [-0.39, 0.29) is 71.3 Å². The molecule has 0 aliphatic carbocycles. The van der Waals surface area contributed by atoms with E-state index in [1.165, 1.54) is 11.1 Å². The molecule has 0 saturated carbocycles. The van der Waals surface area contributed by atoms with E-state index >= 15 is 0 Å². The second-order valence-corrected chi connectivity index (χ2v) is 3.14. The zero-order valence-corrected chi connectivity index (χ0v) is 13.8. The van der Waals surface area contributed by atoms with Gasteiger partial charge >= 0.3 is 41.9 Å². The van der Waals surface area contributed by atoms with Crippen molar-refractivity contribution in [3.05, 3.63) is 60.2 Å². The minimum Gasteiger partial charge on any atom is -1.00 e. The SMILES string of the molecule is Cc1ccc(-c2[c-]cccc2)cc1.[Br-].[Cl-].[Li+].[Mg+2]. The van der Waals surface area contributed by atoms with E-state index in [9.17, 15) is 0 Å². The number of hydrogen-bond acceptors (Lipinski definition) is 0. The first-order valence-electron chi connectivity index (χ1n) is 4.40. The Morgan fingerprint density at radius 3 is 2.00 bits per heavy atom. The summed E-state index contributed by atoms with van der Waals surface area (Å²) < 4.78 is 0. The van der Waals surface area contributed by atoms with Gasteiger partial charge in [0.05, 0.1) is 0 Å². The van der Waals surface area contributed by atoms with Crippen molar-refractivity contribution in [3.8, 4) is 11.1 Å². The second kappa shape index (κ2) is 11.7. The maximum Gasteiger partial charge on any atom is 2.00 e. The number of benzene rings is 2. The molecule has 17 heavy (non-hydrogen) atoms. The van der Waals surface area contributed by atoms with Gasteiger partial charge in [-0.3, -0.25) is 0 Å². The van der Waals surface area contributed by atoms with Crippen LogP contribution in [0.4, 0.5) is 0 Å². The van der Waals surface area contributed by atoms with Crippen molar-refractivity contribution in [1.29, 1.82) is 0 Å². The van der Waals surface area contributed by atoms with Crippen LogP contribution in [0.25, 0.3) is 11.1 Å². The van der Waals surface area contributed by atoms with Gasteiger partial charge in [0, 0.05) is 0 Å². The van der Waals surface area contributed by atoms with Gasteiger partial charge in [0.25, 0.3) is 0 Å². The van der Waals surface area contributed by atoms with E-state index < -0.39 is 0 Å². The molecule has 0 N–H and O–H groups in total. The van der Waals surface area contributed by atoms with E-state index in [0.29, 0.717) is 0 Å². The van der Waals surface area contributed by atoms with Crippen LogP contribution in [0.3, 0.4) is 0 Å². The summed E-state index contributed by atoms with van der Waals surface area (Å²) in [5, 5.41) is 0. The van der Waals surface area contributed by atoms with Crippen molar-refractivity contribution in [2.75, 3.05) is 0 Å². The van der Waals surface area contributed by atoms with Crippen LogP contribution < -0.4 is 48.2 Å². The van der Waals surface area contributed by atoms with Crippen LogP contribution in [-0.2, 0) is 0 Å². The van der Waals surface area contributed by atoms with Crippen molar-refractivity contribution in [2.45, 2.75) is 6.92 Å². The van der Waals surface area contributed by atoms with Crippen LogP contribution in [0, 0.1) is 13.0 Å². The Labute approximate surface area is 148 Å². The largest absolute Gasteiger partial charge is 2.00 e. The first-order chi connectivity index (χ1) is 6.36. The second-order valence-electron chi connectivity index (χ2n) is 3.14. The molecule has 0 heterocycles. The molecule has 0 atom stereocenters. The van der Waals surface area contributed by atoms with Crippen molar-refractivity contribution < 1.29 is 48.2 Å². The molecule has 0 saturated heterocycles. The molecule has 0 fully saturated rings. The molecule has 0 radical (unpaired) electrons. The third-order valence-corrected chi connectivity index (χ3v) is 2.07. The molecule has 0 nitrogen and oxygen atoms in total. The number of hydrogen-bond donors (Lipinski definition) is 0. The maximum absolute atomic E-state index is 3.20. The topological polar surface area (TPSA) is 0 Å². The maximum atomic E-state index is 3.20. The summed E-state index contributed by atoms with van der Waals surface area (Å²) in [7, 11) is 0. The molecule has 0 bridgehead atoms. The van der Waals surface area contributed by atoms with Gasteiger partial charge < -0.3 is 29.4 Å². The fraction of sp³-hybridized carbons (Fsp3) is 0.0769. The first kappa shape index (κ1) is 22.7. The van der Waals surface area contributed by atoms with Gasteiger partial charge in [-0.25, -0.2) is 0 Å². The van der Waals surface area contributed by atoms with E-state index in [1.54, 1.807) is 0 Å². The van der Waals surface area contributed by atoms with E-state index in [4.69, 9.17) is 0 Å². The predicted octanol–water partition coefficient (Wildman–Crippen LogP) is -5.91. The molecule has 2 rings (SSSR count). The zero-order valence-electron chi connectivity index (χ0n) is 10.1. The van der Waals surface area contributed by atoms with E-state index in [0.717, 1.165) is 5.56 Å². The molecular formula is C13H11BrClLiMg. The molecule has 0 amide bonds. The molecular weight excluding hydrogens is 303 g/mol. The molecule has 80 valence electrons. The van der Waals surface area contributed by atoms with Gasteiger partial charge in [-0.05, 0) is 6.92 Å². The fourth-order valence-corrected chi connectivity index (χ4v) is 1.31. The van der Waals surface area contributed by atoms with Gasteiger partial charge in [0.2, 0.25) is 0 Å². The average Bonchev–Trinajstić information content (AvgIpc) is 2.20. The Kier molecular flexibility index (Phi) is 15.6. The number of rotatable bonds is 1. The Morgan fingerprint density at radius 2 is 1.53 bits per heavy atom. The molecule has 4 heteroatoms. The standard InChI is InChI=1S/C13H11.BrH.ClH.Li.Mg/c1-11-7-9-13(10-8-11)12-5-3-2-4-6-12;;;;/h2-5,7-10H,1H3;2*1H;;/q-1;;;+1;+2/p-2. The van der Waals surface area contributed by atoms with Crippen LogP contribution in [0.5, 0.6) is 0 Å². The summed E-state index contributed by atoms with van der Waals surface area (Å²) in [5.41, 5.74) is 3.67. The predicted molar refractivity (Wildman–Crippen MR) is 61.2 cm³/mol. The van der Waals surface area contributed by atoms with Gasteiger partial charge in [-0.15, -0.1) is 35.9 Å². The summed E-state index contributed by atoms with van der Waals surface area (Å²) >= 11 is 0. The summed E-state index contributed by atoms with van der Waals surface area (Å²) in [6.07, 6.45) is 0. The molecule has 0 aliphatic rings. The van der Waals surface area contributed by atoms with Crippen LogP contribution in [0.1, 0.15) is 5.56 Å². The minimum atomic E-state index is 0. The van der Waals surface area contributed by atoms with Crippen molar-refractivity contribution in [1.82, 2.24) is 0 Å². The smallest absolute Gasteiger partial charge is 1.00 e. The van der Waals surface area contributed by atoms with Gasteiger partial charge in [-0.2, -0.15) is 0 Å². The molecule has 0 spiro atoms. The number of aryl methyl sites for hydroxylation is 1. The summed E-state index contributed by atoms with van der Waals surface area (Å²) in [4.78, 5) is 0. The van der Waals surface area contributed by atoms with Crippen molar-refractivity contribution in [3.63, 3.8) is 0 Å². The molecule has 0 unspecified atom stereocenters. The number of halogens is 2. The van der Waals surface area contributed by atoms with Crippen LogP contribution >= 0.6 is 0 Å². The molecule has 2 aromatic rings. The Balaban J connectivity index is -0.000000490. The van der Waals surface area contributed by atoms with Crippen molar-refractivity contribution in [2.24, 2.45) is 0 Å². The van der Waals surface area contributed by atoms with Crippen molar-refractivity contribution >= 4 is 23.1 Å². The molecule has 0 aliphatic heterocycles.